The second-order valence-electron chi connectivity index (χ2n) is 8.44. The van der Waals surface area contributed by atoms with Crippen LogP contribution in [0.5, 0.6) is 0 Å². The third-order valence-corrected chi connectivity index (χ3v) is 6.16. The van der Waals surface area contributed by atoms with E-state index in [1.807, 2.05) is 11.6 Å². The first-order valence-electron chi connectivity index (χ1n) is 11.2. The Kier molecular flexibility index (Phi) is 8.34. The number of aromatic nitrogens is 2. The Morgan fingerprint density at radius 3 is 2.50 bits per heavy atom. The number of rotatable bonds is 8. The minimum absolute atomic E-state index is 0.273. The highest BCUT2D eigenvalue weighted by Crippen LogP contribution is 2.17. The smallest absolute Gasteiger partial charge is 0.224 e. The van der Waals surface area contributed by atoms with Crippen LogP contribution in [0.2, 0.25) is 0 Å². The zero-order valence-electron chi connectivity index (χ0n) is 17.9. The summed E-state index contributed by atoms with van der Waals surface area (Å²) in [6, 6.07) is 2.41. The number of carbonyl (C=O) groups is 1. The summed E-state index contributed by atoms with van der Waals surface area (Å²) in [4.78, 5) is 17.9. The van der Waals surface area contributed by atoms with Gasteiger partial charge < -0.3 is 14.5 Å². The van der Waals surface area contributed by atoms with E-state index in [4.69, 9.17) is 4.74 Å². The minimum Gasteiger partial charge on any atom is -0.381 e. The van der Waals surface area contributed by atoms with E-state index < -0.39 is 0 Å². The van der Waals surface area contributed by atoms with E-state index in [1.54, 1.807) is 0 Å². The van der Waals surface area contributed by atoms with Gasteiger partial charge in [0.1, 0.15) is 0 Å². The highest BCUT2D eigenvalue weighted by Gasteiger charge is 2.25. The van der Waals surface area contributed by atoms with E-state index in [-0.39, 0.29) is 5.91 Å². The molecule has 3 rings (SSSR count). The van der Waals surface area contributed by atoms with E-state index in [9.17, 15) is 4.79 Å². The van der Waals surface area contributed by atoms with Crippen LogP contribution in [0.25, 0.3) is 0 Å². The topological polar surface area (TPSA) is 50.6 Å². The van der Waals surface area contributed by atoms with Gasteiger partial charge in [-0.2, -0.15) is 5.10 Å². The number of hydrogen-bond donors (Lipinski definition) is 0. The fourth-order valence-corrected chi connectivity index (χ4v) is 4.58. The molecule has 6 nitrogen and oxygen atoms in total. The Balaban J connectivity index is 1.52. The summed E-state index contributed by atoms with van der Waals surface area (Å²) in [5.74, 6) is 0.273. The van der Waals surface area contributed by atoms with Gasteiger partial charge >= 0.3 is 0 Å². The minimum atomic E-state index is 0.273. The van der Waals surface area contributed by atoms with Crippen LogP contribution in [0.4, 0.5) is 0 Å². The third kappa shape index (κ3) is 6.31. The van der Waals surface area contributed by atoms with Gasteiger partial charge in [0.2, 0.25) is 5.91 Å². The van der Waals surface area contributed by atoms with Crippen molar-refractivity contribution in [3.8, 4) is 0 Å². The SMILES string of the molecule is Cc1cc(C)n(CCC(=O)N(CCCN2CCCCCC2)C2CCOCC2)n1. The van der Waals surface area contributed by atoms with Crippen LogP contribution in [0.15, 0.2) is 6.07 Å². The molecule has 2 aliphatic heterocycles. The van der Waals surface area contributed by atoms with E-state index in [0.717, 1.165) is 57.0 Å². The first kappa shape index (κ1) is 21.3. The van der Waals surface area contributed by atoms with Crippen LogP contribution in [0, 0.1) is 13.8 Å². The van der Waals surface area contributed by atoms with Gasteiger partial charge in [0.25, 0.3) is 0 Å². The van der Waals surface area contributed by atoms with Gasteiger partial charge in [-0.15, -0.1) is 0 Å². The van der Waals surface area contributed by atoms with Crippen molar-refractivity contribution < 1.29 is 9.53 Å². The fourth-order valence-electron chi connectivity index (χ4n) is 4.58. The number of aryl methyl sites for hydroxylation is 3. The number of ether oxygens (including phenoxy) is 1. The number of likely N-dealkylation sites (tertiary alicyclic amines) is 1. The molecular weight excluding hydrogens is 352 g/mol. The zero-order chi connectivity index (χ0) is 19.8. The summed E-state index contributed by atoms with van der Waals surface area (Å²) in [7, 11) is 0. The average molecular weight is 391 g/mol. The number of carbonyl (C=O) groups excluding carboxylic acids is 1. The van der Waals surface area contributed by atoms with Gasteiger partial charge in [-0.1, -0.05) is 12.8 Å². The molecule has 0 unspecified atom stereocenters. The van der Waals surface area contributed by atoms with Crippen molar-refractivity contribution in [3.05, 3.63) is 17.5 Å². The lowest BCUT2D eigenvalue weighted by Crippen LogP contribution is -2.45. The Hall–Kier alpha value is -1.40. The number of nitrogens with zero attached hydrogens (tertiary/aromatic N) is 4. The molecule has 1 aromatic heterocycles. The van der Waals surface area contributed by atoms with Crippen LogP contribution in [0.1, 0.15) is 62.8 Å². The lowest BCUT2D eigenvalue weighted by molar-refractivity contribution is -0.135. The molecule has 28 heavy (non-hydrogen) atoms. The molecule has 0 spiro atoms. The largest absolute Gasteiger partial charge is 0.381 e. The maximum atomic E-state index is 13.1. The standard InChI is InChI=1S/C22H38N4O2/c1-19-18-20(2)26(23-19)15-8-22(27)25(21-9-16-28-17-10-21)14-7-13-24-11-5-3-4-6-12-24/h18,21H,3-17H2,1-2H3. The van der Waals surface area contributed by atoms with Crippen molar-refractivity contribution in [2.45, 2.75) is 77.8 Å². The number of amides is 1. The summed E-state index contributed by atoms with van der Waals surface area (Å²) in [5.41, 5.74) is 2.15. The van der Waals surface area contributed by atoms with Crippen LogP contribution < -0.4 is 0 Å². The highest BCUT2D eigenvalue weighted by molar-refractivity contribution is 5.76. The Labute approximate surface area is 170 Å². The molecule has 2 aliphatic rings. The molecular formula is C22H38N4O2. The molecule has 0 bridgehead atoms. The van der Waals surface area contributed by atoms with Crippen molar-refractivity contribution in [2.24, 2.45) is 0 Å². The molecule has 0 aromatic carbocycles. The predicted molar refractivity (Wildman–Crippen MR) is 111 cm³/mol. The van der Waals surface area contributed by atoms with E-state index in [1.165, 1.54) is 38.8 Å². The highest BCUT2D eigenvalue weighted by atomic mass is 16.5. The first-order valence-corrected chi connectivity index (χ1v) is 11.2. The van der Waals surface area contributed by atoms with Crippen LogP contribution in [0.3, 0.4) is 0 Å². The average Bonchev–Trinajstić information content (AvgIpc) is 2.88. The fraction of sp³-hybridized carbons (Fsp3) is 0.818. The molecule has 3 heterocycles. The molecule has 0 radical (unpaired) electrons. The molecule has 158 valence electrons. The molecule has 6 heteroatoms. The van der Waals surface area contributed by atoms with Crippen molar-refractivity contribution in [2.75, 3.05) is 39.4 Å². The maximum Gasteiger partial charge on any atom is 0.224 e. The molecule has 2 fully saturated rings. The Morgan fingerprint density at radius 1 is 1.14 bits per heavy atom. The van der Waals surface area contributed by atoms with Crippen molar-refractivity contribution in [1.29, 1.82) is 0 Å². The molecule has 0 atom stereocenters. The van der Waals surface area contributed by atoms with Gasteiger partial charge in [-0.25, -0.2) is 0 Å². The number of hydrogen-bond acceptors (Lipinski definition) is 4. The first-order chi connectivity index (χ1) is 13.6. The van der Waals surface area contributed by atoms with E-state index in [0.29, 0.717) is 19.0 Å². The lowest BCUT2D eigenvalue weighted by atomic mass is 10.1. The predicted octanol–water partition coefficient (Wildman–Crippen LogP) is 3.16. The van der Waals surface area contributed by atoms with Crippen LogP contribution >= 0.6 is 0 Å². The lowest BCUT2D eigenvalue weighted by Gasteiger charge is -2.35. The second kappa shape index (κ2) is 11.0. The van der Waals surface area contributed by atoms with Crippen molar-refractivity contribution >= 4 is 5.91 Å². The van der Waals surface area contributed by atoms with Crippen molar-refractivity contribution in [3.63, 3.8) is 0 Å². The van der Waals surface area contributed by atoms with E-state index in [2.05, 4.69) is 27.9 Å². The molecule has 0 saturated carbocycles. The van der Waals surface area contributed by atoms with Gasteiger partial charge in [-0.05, 0) is 71.7 Å². The summed E-state index contributed by atoms with van der Waals surface area (Å²) in [5, 5.41) is 4.51. The molecule has 1 amide bonds. The Bertz CT molecular complexity index is 602. The quantitative estimate of drug-likeness (QED) is 0.684. The summed E-state index contributed by atoms with van der Waals surface area (Å²) in [6.45, 7) is 10.7. The third-order valence-electron chi connectivity index (χ3n) is 6.16. The van der Waals surface area contributed by atoms with E-state index >= 15 is 0 Å². The van der Waals surface area contributed by atoms with Gasteiger partial charge in [0.05, 0.1) is 5.69 Å². The molecule has 1 aromatic rings. The van der Waals surface area contributed by atoms with Gasteiger partial charge in [0.15, 0.2) is 0 Å². The van der Waals surface area contributed by atoms with Crippen LogP contribution in [-0.2, 0) is 16.1 Å². The second-order valence-corrected chi connectivity index (χ2v) is 8.44. The molecule has 0 aliphatic carbocycles. The molecule has 2 saturated heterocycles. The molecule has 0 N–H and O–H groups in total. The monoisotopic (exact) mass is 390 g/mol. The van der Waals surface area contributed by atoms with Gasteiger partial charge in [0, 0.05) is 44.5 Å². The summed E-state index contributed by atoms with van der Waals surface area (Å²) in [6.07, 6.45) is 8.93. The Morgan fingerprint density at radius 2 is 1.86 bits per heavy atom. The van der Waals surface area contributed by atoms with Crippen molar-refractivity contribution in [1.82, 2.24) is 19.6 Å². The van der Waals surface area contributed by atoms with Gasteiger partial charge in [-0.3, -0.25) is 9.48 Å². The zero-order valence-corrected chi connectivity index (χ0v) is 17.9. The maximum absolute atomic E-state index is 13.1. The summed E-state index contributed by atoms with van der Waals surface area (Å²) < 4.78 is 7.50. The normalized spacial score (nSPS) is 19.5. The van der Waals surface area contributed by atoms with Crippen LogP contribution in [-0.4, -0.2) is 70.9 Å². The summed E-state index contributed by atoms with van der Waals surface area (Å²) >= 11 is 0.